The second kappa shape index (κ2) is 6.58. The summed E-state index contributed by atoms with van der Waals surface area (Å²) in [6, 6.07) is 0. The van der Waals surface area contributed by atoms with Gasteiger partial charge in [0.2, 0.25) is 5.91 Å². The van der Waals surface area contributed by atoms with E-state index in [9.17, 15) is 9.59 Å². The zero-order chi connectivity index (χ0) is 14.5. The van der Waals surface area contributed by atoms with Crippen LogP contribution in [0.4, 0.5) is 5.13 Å². The van der Waals surface area contributed by atoms with Crippen molar-refractivity contribution in [3.05, 3.63) is 27.2 Å². The van der Waals surface area contributed by atoms with E-state index in [0.717, 1.165) is 17.8 Å². The van der Waals surface area contributed by atoms with Gasteiger partial charge in [-0.15, -0.1) is 22.7 Å². The van der Waals surface area contributed by atoms with E-state index in [1.165, 1.54) is 11.3 Å². The highest BCUT2D eigenvalue weighted by Gasteiger charge is 2.18. The molecule has 0 spiro atoms. The van der Waals surface area contributed by atoms with Crippen molar-refractivity contribution in [2.75, 3.05) is 5.32 Å². The predicted molar refractivity (Wildman–Crippen MR) is 77.5 cm³/mol. The van der Waals surface area contributed by atoms with Crippen LogP contribution < -0.4 is 5.32 Å². The number of aromatic nitrogens is 2. The zero-order valence-corrected chi connectivity index (χ0v) is 12.4. The summed E-state index contributed by atoms with van der Waals surface area (Å²) >= 11 is 2.39. The number of hydrogen-bond acceptors (Lipinski definition) is 6. The Morgan fingerprint density at radius 1 is 1.45 bits per heavy atom. The Hall–Kier alpha value is -1.80. The Morgan fingerprint density at radius 3 is 2.85 bits per heavy atom. The van der Waals surface area contributed by atoms with Gasteiger partial charge in [-0.05, 0) is 6.42 Å². The van der Waals surface area contributed by atoms with Crippen LogP contribution >= 0.6 is 22.7 Å². The summed E-state index contributed by atoms with van der Waals surface area (Å²) < 4.78 is 0. The van der Waals surface area contributed by atoms with Gasteiger partial charge in [0.1, 0.15) is 9.88 Å². The number of amides is 1. The molecule has 0 atom stereocenters. The lowest BCUT2D eigenvalue weighted by Crippen LogP contribution is -2.14. The lowest BCUT2D eigenvalue weighted by Gasteiger charge is -1.98. The molecule has 0 aliphatic carbocycles. The highest BCUT2D eigenvalue weighted by Crippen LogP contribution is 2.21. The second-order valence-electron chi connectivity index (χ2n) is 4.00. The van der Waals surface area contributed by atoms with Crippen LogP contribution in [0.15, 0.2) is 11.6 Å². The molecule has 0 aliphatic rings. The molecule has 6 nitrogen and oxygen atoms in total. The minimum absolute atomic E-state index is 0.0637. The topological polar surface area (TPSA) is 92.2 Å². The number of carbonyl (C=O) groups excluding carboxylic acids is 1. The maximum absolute atomic E-state index is 11.8. The normalized spacial score (nSPS) is 10.4. The molecular weight excluding hydrogens is 298 g/mol. The molecule has 2 rings (SSSR count). The number of anilines is 1. The molecule has 2 N–H and O–H groups in total. The molecular formula is C12H13N3O3S2. The van der Waals surface area contributed by atoms with Crippen LogP contribution in [0.5, 0.6) is 0 Å². The van der Waals surface area contributed by atoms with Gasteiger partial charge in [-0.1, -0.05) is 13.3 Å². The molecule has 2 aromatic rings. The molecule has 0 radical (unpaired) electrons. The number of rotatable bonds is 6. The van der Waals surface area contributed by atoms with Crippen LogP contribution in [0, 0.1) is 0 Å². The number of carboxylic acids is 1. The van der Waals surface area contributed by atoms with Gasteiger partial charge in [0.15, 0.2) is 5.13 Å². The molecule has 20 heavy (non-hydrogen) atoms. The minimum Gasteiger partial charge on any atom is -0.477 e. The van der Waals surface area contributed by atoms with Crippen LogP contribution in [0.1, 0.15) is 33.7 Å². The molecule has 0 bridgehead atoms. The fourth-order valence-electron chi connectivity index (χ4n) is 1.64. The highest BCUT2D eigenvalue weighted by atomic mass is 32.1. The summed E-state index contributed by atoms with van der Waals surface area (Å²) in [5, 5.41) is 14.6. The van der Waals surface area contributed by atoms with Gasteiger partial charge in [0.25, 0.3) is 0 Å². The first-order valence-electron chi connectivity index (χ1n) is 6.01. The lowest BCUT2D eigenvalue weighted by atomic mass is 10.2. The first kappa shape index (κ1) is 14.6. The summed E-state index contributed by atoms with van der Waals surface area (Å²) in [5.74, 6) is -1.23. The molecule has 8 heteroatoms. The van der Waals surface area contributed by atoms with Gasteiger partial charge in [-0.25, -0.2) is 14.8 Å². The fraction of sp³-hybridized carbons (Fsp3) is 0.333. The molecule has 0 saturated carbocycles. The van der Waals surface area contributed by atoms with Gasteiger partial charge in [0.05, 0.1) is 12.1 Å². The smallest absolute Gasteiger partial charge is 0.347 e. The van der Waals surface area contributed by atoms with Gasteiger partial charge in [-0.2, -0.15) is 0 Å². The van der Waals surface area contributed by atoms with Crippen molar-refractivity contribution in [1.82, 2.24) is 9.97 Å². The summed E-state index contributed by atoms with van der Waals surface area (Å²) in [4.78, 5) is 31.3. The van der Waals surface area contributed by atoms with Crippen molar-refractivity contribution in [2.24, 2.45) is 0 Å². The largest absolute Gasteiger partial charge is 0.477 e. The van der Waals surface area contributed by atoms with Crippen LogP contribution in [0.25, 0.3) is 0 Å². The van der Waals surface area contributed by atoms with Crippen molar-refractivity contribution in [1.29, 1.82) is 0 Å². The third-order valence-corrected chi connectivity index (χ3v) is 4.19. The molecule has 106 valence electrons. The van der Waals surface area contributed by atoms with Gasteiger partial charge in [-0.3, -0.25) is 4.79 Å². The first-order chi connectivity index (χ1) is 9.60. The molecule has 0 unspecified atom stereocenters. The molecule has 0 aromatic carbocycles. The predicted octanol–water partition coefficient (Wildman–Crippen LogP) is 2.43. The summed E-state index contributed by atoms with van der Waals surface area (Å²) in [7, 11) is 0. The lowest BCUT2D eigenvalue weighted by molar-refractivity contribution is -0.115. The van der Waals surface area contributed by atoms with Crippen molar-refractivity contribution >= 4 is 39.7 Å². The van der Waals surface area contributed by atoms with Crippen LogP contribution in [-0.2, 0) is 17.6 Å². The maximum Gasteiger partial charge on any atom is 0.347 e. The maximum atomic E-state index is 11.8. The highest BCUT2D eigenvalue weighted by molar-refractivity contribution is 7.14. The Labute approximate surface area is 123 Å². The Balaban J connectivity index is 2.07. The van der Waals surface area contributed by atoms with Crippen LogP contribution in [0.2, 0.25) is 0 Å². The quantitative estimate of drug-likeness (QED) is 0.854. The van der Waals surface area contributed by atoms with Gasteiger partial charge < -0.3 is 10.4 Å². The number of thiazole rings is 2. The zero-order valence-electron chi connectivity index (χ0n) is 10.8. The number of hydrogen-bond donors (Lipinski definition) is 2. The third kappa shape index (κ3) is 3.61. The van der Waals surface area contributed by atoms with E-state index in [-0.39, 0.29) is 17.2 Å². The van der Waals surface area contributed by atoms with Crippen molar-refractivity contribution < 1.29 is 14.7 Å². The van der Waals surface area contributed by atoms with E-state index >= 15 is 0 Å². The number of carboxylic acid groups (broad SMARTS) is 1. The summed E-state index contributed by atoms with van der Waals surface area (Å²) in [6.07, 6.45) is 3.08. The molecule has 0 fully saturated rings. The second-order valence-corrected chi connectivity index (χ2v) is 5.98. The van der Waals surface area contributed by atoms with Gasteiger partial charge >= 0.3 is 5.97 Å². The Kier molecular flexibility index (Phi) is 4.80. The average Bonchev–Trinajstić information content (AvgIpc) is 2.99. The molecule has 0 saturated heterocycles. The van der Waals surface area contributed by atoms with E-state index < -0.39 is 5.97 Å². The Morgan fingerprint density at radius 2 is 2.25 bits per heavy atom. The molecule has 0 aliphatic heterocycles. The molecule has 2 aromatic heterocycles. The van der Waals surface area contributed by atoms with Crippen molar-refractivity contribution in [3.8, 4) is 0 Å². The van der Waals surface area contributed by atoms with E-state index in [2.05, 4.69) is 15.3 Å². The fourth-order valence-corrected chi connectivity index (χ4v) is 3.13. The van der Waals surface area contributed by atoms with E-state index in [0.29, 0.717) is 22.3 Å². The van der Waals surface area contributed by atoms with Crippen LogP contribution in [0.3, 0.4) is 0 Å². The number of aromatic carboxylic acids is 1. The number of carbonyl (C=O) groups is 2. The van der Waals surface area contributed by atoms with E-state index in [4.69, 9.17) is 5.11 Å². The first-order valence-corrected chi connectivity index (χ1v) is 7.71. The number of nitrogens with one attached hydrogen (secondary N) is 1. The van der Waals surface area contributed by atoms with Crippen molar-refractivity contribution in [3.63, 3.8) is 0 Å². The summed E-state index contributed by atoms with van der Waals surface area (Å²) in [6.45, 7) is 1.96. The standard InChI is InChI=1S/C12H13N3O3S2/c1-2-3-7-10(11(17)18)20-9(14-7)6-8(16)15-12-13-4-5-19-12/h4-5H,2-3,6H2,1H3,(H,17,18)(H,13,15,16). The SMILES string of the molecule is CCCc1nc(CC(=O)Nc2nccs2)sc1C(=O)O. The van der Waals surface area contributed by atoms with E-state index in [1.807, 2.05) is 6.92 Å². The van der Waals surface area contributed by atoms with Gasteiger partial charge in [0, 0.05) is 11.6 Å². The number of aryl methyl sites for hydroxylation is 1. The summed E-state index contributed by atoms with van der Waals surface area (Å²) in [5.41, 5.74) is 0.557. The minimum atomic E-state index is -0.988. The van der Waals surface area contributed by atoms with E-state index in [1.54, 1.807) is 11.6 Å². The third-order valence-electron chi connectivity index (χ3n) is 2.41. The number of nitrogens with zero attached hydrogens (tertiary/aromatic N) is 2. The Bertz CT molecular complexity index is 608. The molecule has 2 heterocycles. The molecule has 1 amide bonds. The van der Waals surface area contributed by atoms with Crippen molar-refractivity contribution in [2.45, 2.75) is 26.2 Å². The average molecular weight is 311 g/mol. The van der Waals surface area contributed by atoms with Crippen LogP contribution in [-0.4, -0.2) is 27.0 Å². The monoisotopic (exact) mass is 311 g/mol.